The van der Waals surface area contributed by atoms with Crippen molar-refractivity contribution in [3.8, 4) is 11.8 Å². The van der Waals surface area contributed by atoms with Gasteiger partial charge in [-0.3, -0.25) is 4.79 Å². The third-order valence-electron chi connectivity index (χ3n) is 2.94. The van der Waals surface area contributed by atoms with Crippen LogP contribution in [0.3, 0.4) is 0 Å². The molecular weight excluding hydrogens is 198 g/mol. The van der Waals surface area contributed by atoms with Crippen LogP contribution in [0.4, 0.5) is 0 Å². The molecule has 16 heavy (non-hydrogen) atoms. The Morgan fingerprint density at radius 3 is 2.50 bits per heavy atom. The van der Waals surface area contributed by atoms with E-state index in [0.717, 1.165) is 32.5 Å². The van der Waals surface area contributed by atoms with Crippen LogP contribution < -0.4 is 0 Å². The fourth-order valence-electron chi connectivity index (χ4n) is 1.90. The van der Waals surface area contributed by atoms with E-state index in [1.807, 2.05) is 0 Å². The van der Waals surface area contributed by atoms with Crippen molar-refractivity contribution in [1.82, 2.24) is 4.90 Å². The minimum atomic E-state index is 0.293. The van der Waals surface area contributed by atoms with E-state index < -0.39 is 0 Å². The number of carbonyl (C=O) groups excluding carboxylic acids is 1. The lowest BCUT2D eigenvalue weighted by Crippen LogP contribution is -2.34. The van der Waals surface area contributed by atoms with Gasteiger partial charge in [0, 0.05) is 24.8 Å². The molecule has 0 aromatic heterocycles. The number of carbonyl (C=O) groups is 1. The Labute approximate surface area is 99.4 Å². The monoisotopic (exact) mass is 221 g/mol. The van der Waals surface area contributed by atoms with E-state index in [4.69, 9.17) is 0 Å². The van der Waals surface area contributed by atoms with Crippen LogP contribution in [0.15, 0.2) is 0 Å². The van der Waals surface area contributed by atoms with Crippen LogP contribution in [-0.4, -0.2) is 30.3 Å². The summed E-state index contributed by atoms with van der Waals surface area (Å²) in [6, 6.07) is 0. The topological polar surface area (TPSA) is 20.3 Å². The molecule has 0 N–H and O–H groups in total. The molecule has 1 aliphatic heterocycles. The van der Waals surface area contributed by atoms with Gasteiger partial charge in [0.2, 0.25) is 0 Å². The summed E-state index contributed by atoms with van der Waals surface area (Å²) in [4.78, 5) is 13.3. The summed E-state index contributed by atoms with van der Waals surface area (Å²) in [5, 5.41) is 0. The van der Waals surface area contributed by atoms with Gasteiger partial charge in [-0.15, -0.1) is 5.92 Å². The summed E-state index contributed by atoms with van der Waals surface area (Å²) in [5.74, 6) is 7.98. The molecule has 0 unspecified atom stereocenters. The number of ketones is 1. The van der Waals surface area contributed by atoms with Crippen LogP contribution in [0.25, 0.3) is 0 Å². The van der Waals surface area contributed by atoms with E-state index >= 15 is 0 Å². The largest absolute Gasteiger partial charge is 0.303 e. The number of hydrogen-bond acceptors (Lipinski definition) is 2. The van der Waals surface area contributed by atoms with E-state index in [9.17, 15) is 4.79 Å². The van der Waals surface area contributed by atoms with Gasteiger partial charge in [-0.25, -0.2) is 0 Å². The van der Waals surface area contributed by atoms with Crippen LogP contribution in [-0.2, 0) is 4.79 Å². The average Bonchev–Trinajstić information content (AvgIpc) is 2.25. The van der Waals surface area contributed by atoms with Crippen molar-refractivity contribution in [3.05, 3.63) is 0 Å². The molecule has 1 saturated heterocycles. The molecule has 1 fully saturated rings. The molecule has 0 aromatic carbocycles. The van der Waals surface area contributed by atoms with Gasteiger partial charge in [0.05, 0.1) is 0 Å². The predicted octanol–water partition coefficient (Wildman–Crippen LogP) is 2.34. The van der Waals surface area contributed by atoms with Crippen molar-refractivity contribution in [1.29, 1.82) is 0 Å². The summed E-state index contributed by atoms with van der Waals surface area (Å²) in [6.45, 7) is 9.07. The van der Waals surface area contributed by atoms with Crippen molar-refractivity contribution < 1.29 is 4.79 Å². The Hall–Kier alpha value is -0.810. The molecule has 0 atom stereocenters. The van der Waals surface area contributed by atoms with E-state index in [-0.39, 0.29) is 0 Å². The van der Waals surface area contributed by atoms with Gasteiger partial charge >= 0.3 is 0 Å². The maximum absolute atomic E-state index is 10.9. The predicted molar refractivity (Wildman–Crippen MR) is 67.1 cm³/mol. The van der Waals surface area contributed by atoms with Crippen LogP contribution in [0.2, 0.25) is 0 Å². The lowest BCUT2D eigenvalue weighted by Gasteiger charge is -2.29. The number of likely N-dealkylation sites (tertiary alicyclic amines) is 1. The Bertz CT molecular complexity index is 277. The minimum Gasteiger partial charge on any atom is -0.303 e. The first-order chi connectivity index (χ1) is 7.58. The summed E-state index contributed by atoms with van der Waals surface area (Å²) in [6.07, 6.45) is 3.03. The molecule has 0 saturated carbocycles. The fourth-order valence-corrected chi connectivity index (χ4v) is 1.90. The zero-order valence-electron chi connectivity index (χ0n) is 10.8. The second-order valence-corrected chi connectivity index (χ2v) is 5.01. The van der Waals surface area contributed by atoms with Gasteiger partial charge in [-0.05, 0) is 32.9 Å². The summed E-state index contributed by atoms with van der Waals surface area (Å²) in [7, 11) is 0. The van der Waals surface area contributed by atoms with E-state index in [1.165, 1.54) is 0 Å². The lowest BCUT2D eigenvalue weighted by atomic mass is 9.96. The molecule has 2 nitrogen and oxygen atoms in total. The molecule has 2 heteroatoms. The Kier molecular flexibility index (Phi) is 5.55. The first-order valence-electron chi connectivity index (χ1n) is 6.30. The number of Topliss-reactive ketones (excluding diaryl/α,β-unsaturated/α-hetero) is 1. The highest BCUT2D eigenvalue weighted by Gasteiger charge is 2.17. The van der Waals surface area contributed by atoms with Crippen molar-refractivity contribution in [2.45, 2.75) is 40.0 Å². The molecule has 90 valence electrons. The number of hydrogen-bond donors (Lipinski definition) is 0. The smallest absolute Gasteiger partial charge is 0.131 e. The van der Waals surface area contributed by atoms with E-state index in [0.29, 0.717) is 24.0 Å². The Morgan fingerprint density at radius 1 is 1.38 bits per heavy atom. The molecule has 0 radical (unpaired) electrons. The highest BCUT2D eigenvalue weighted by molar-refractivity contribution is 5.75. The van der Waals surface area contributed by atoms with Crippen molar-refractivity contribution in [3.63, 3.8) is 0 Å². The summed E-state index contributed by atoms with van der Waals surface area (Å²) < 4.78 is 0. The minimum absolute atomic E-state index is 0.293. The fraction of sp³-hybridized carbons (Fsp3) is 0.786. The van der Waals surface area contributed by atoms with Crippen LogP contribution >= 0.6 is 0 Å². The van der Waals surface area contributed by atoms with Crippen molar-refractivity contribution in [2.75, 3.05) is 19.6 Å². The highest BCUT2D eigenvalue weighted by Crippen LogP contribution is 2.16. The third kappa shape index (κ3) is 5.32. The molecule has 0 aliphatic carbocycles. The molecular formula is C14H23NO. The molecule has 0 amide bonds. The van der Waals surface area contributed by atoms with E-state index in [1.54, 1.807) is 6.92 Å². The quantitative estimate of drug-likeness (QED) is 0.682. The SMILES string of the molecule is CC(=O)CCN1CCC(C#CC(C)C)CC1. The van der Waals surface area contributed by atoms with Crippen LogP contribution in [0.1, 0.15) is 40.0 Å². The van der Waals surface area contributed by atoms with Gasteiger partial charge < -0.3 is 4.90 Å². The molecule has 1 heterocycles. The van der Waals surface area contributed by atoms with Crippen LogP contribution in [0.5, 0.6) is 0 Å². The maximum Gasteiger partial charge on any atom is 0.131 e. The first kappa shape index (κ1) is 13.3. The summed E-state index contributed by atoms with van der Waals surface area (Å²) in [5.41, 5.74) is 0. The van der Waals surface area contributed by atoms with Crippen LogP contribution in [0, 0.1) is 23.7 Å². The average molecular weight is 221 g/mol. The van der Waals surface area contributed by atoms with Gasteiger partial charge in [0.25, 0.3) is 0 Å². The van der Waals surface area contributed by atoms with Gasteiger partial charge in [0.15, 0.2) is 0 Å². The number of rotatable bonds is 3. The Morgan fingerprint density at radius 2 is 2.00 bits per heavy atom. The van der Waals surface area contributed by atoms with Gasteiger partial charge in [0.1, 0.15) is 5.78 Å². The summed E-state index contributed by atoms with van der Waals surface area (Å²) >= 11 is 0. The van der Waals surface area contributed by atoms with Crippen molar-refractivity contribution in [2.24, 2.45) is 11.8 Å². The normalized spacial score (nSPS) is 18.2. The Balaban J connectivity index is 2.24. The standard InChI is InChI=1S/C14H23NO/c1-12(2)4-5-14-7-10-15(11-8-14)9-6-13(3)16/h12,14H,6-11H2,1-3H3. The molecule has 0 bridgehead atoms. The molecule has 1 aliphatic rings. The second kappa shape index (κ2) is 6.70. The zero-order valence-corrected chi connectivity index (χ0v) is 10.8. The molecule has 0 spiro atoms. The number of nitrogens with zero attached hydrogens (tertiary/aromatic N) is 1. The highest BCUT2D eigenvalue weighted by atomic mass is 16.1. The van der Waals surface area contributed by atoms with Gasteiger partial charge in [-0.1, -0.05) is 19.8 Å². The van der Waals surface area contributed by atoms with E-state index in [2.05, 4.69) is 30.6 Å². The number of piperidine rings is 1. The van der Waals surface area contributed by atoms with Gasteiger partial charge in [-0.2, -0.15) is 0 Å². The third-order valence-corrected chi connectivity index (χ3v) is 2.94. The molecule has 1 rings (SSSR count). The zero-order chi connectivity index (χ0) is 12.0. The second-order valence-electron chi connectivity index (χ2n) is 5.01. The molecule has 0 aromatic rings. The maximum atomic E-state index is 10.9. The first-order valence-corrected chi connectivity index (χ1v) is 6.30. The van der Waals surface area contributed by atoms with Crippen molar-refractivity contribution >= 4 is 5.78 Å². The lowest BCUT2D eigenvalue weighted by molar-refractivity contribution is -0.117.